The highest BCUT2D eigenvalue weighted by molar-refractivity contribution is 5.83. The van der Waals surface area contributed by atoms with Crippen molar-refractivity contribution in [3.05, 3.63) is 35.4 Å². The molecule has 0 unspecified atom stereocenters. The molecule has 0 spiro atoms. The molecule has 98 valence electrons. The lowest BCUT2D eigenvalue weighted by molar-refractivity contribution is -0.118. The van der Waals surface area contributed by atoms with E-state index < -0.39 is 0 Å². The molecule has 0 amide bonds. The van der Waals surface area contributed by atoms with Crippen LogP contribution in [0.2, 0.25) is 0 Å². The molecule has 1 heterocycles. The van der Waals surface area contributed by atoms with Crippen LogP contribution in [-0.2, 0) is 4.79 Å². The molecule has 1 aliphatic rings. The highest BCUT2D eigenvalue weighted by atomic mass is 16.1. The molecule has 0 bridgehead atoms. The summed E-state index contributed by atoms with van der Waals surface area (Å²) in [5, 5.41) is 6.82. The zero-order valence-electron chi connectivity index (χ0n) is 11.2. The quantitative estimate of drug-likeness (QED) is 0.829. The van der Waals surface area contributed by atoms with Crippen LogP contribution in [0.5, 0.6) is 0 Å². The minimum Gasteiger partial charge on any atom is -0.315 e. The first kappa shape index (κ1) is 13.2. The van der Waals surface area contributed by atoms with Crippen molar-refractivity contribution in [3.8, 4) is 0 Å². The van der Waals surface area contributed by atoms with E-state index in [0.717, 1.165) is 31.6 Å². The lowest BCUT2D eigenvalue weighted by atomic mass is 9.94. The molecule has 2 rings (SSSR count). The molecule has 0 aliphatic carbocycles. The zero-order chi connectivity index (χ0) is 13.0. The molecule has 1 aromatic rings. The van der Waals surface area contributed by atoms with Gasteiger partial charge in [0.1, 0.15) is 5.78 Å². The van der Waals surface area contributed by atoms with Gasteiger partial charge in [-0.25, -0.2) is 0 Å². The Bertz CT molecular complexity index is 393. The van der Waals surface area contributed by atoms with E-state index in [1.165, 1.54) is 5.56 Å². The van der Waals surface area contributed by atoms with Crippen LogP contribution in [-0.4, -0.2) is 31.5 Å². The van der Waals surface area contributed by atoms with Gasteiger partial charge < -0.3 is 10.6 Å². The van der Waals surface area contributed by atoms with Crippen LogP contribution in [0.4, 0.5) is 0 Å². The van der Waals surface area contributed by atoms with Crippen LogP contribution in [0.3, 0.4) is 0 Å². The van der Waals surface area contributed by atoms with Crippen molar-refractivity contribution >= 4 is 5.78 Å². The van der Waals surface area contributed by atoms with E-state index in [-0.39, 0.29) is 11.7 Å². The van der Waals surface area contributed by atoms with Crippen LogP contribution in [0.1, 0.15) is 30.4 Å². The van der Waals surface area contributed by atoms with E-state index >= 15 is 0 Å². The van der Waals surface area contributed by atoms with Crippen molar-refractivity contribution in [1.82, 2.24) is 10.6 Å². The van der Waals surface area contributed by atoms with Crippen molar-refractivity contribution in [2.24, 2.45) is 0 Å². The summed E-state index contributed by atoms with van der Waals surface area (Å²) >= 11 is 0. The van der Waals surface area contributed by atoms with E-state index in [2.05, 4.69) is 41.8 Å². The monoisotopic (exact) mass is 246 g/mol. The molecule has 0 saturated carbocycles. The Hall–Kier alpha value is -1.19. The second-order valence-corrected chi connectivity index (χ2v) is 5.17. The maximum Gasteiger partial charge on any atom is 0.138 e. The van der Waals surface area contributed by atoms with Gasteiger partial charge in [-0.15, -0.1) is 0 Å². The van der Waals surface area contributed by atoms with Gasteiger partial charge in [-0.3, -0.25) is 4.79 Å². The standard InChI is InChI=1S/C15H22N2O/c1-11-3-5-13(6-4-11)15(12(2)18)10-17-14-7-8-16-9-14/h3-6,14-17H,7-10H2,1-2H3/t14-,15-/m0/s1. The van der Waals surface area contributed by atoms with Crippen molar-refractivity contribution < 1.29 is 4.79 Å². The van der Waals surface area contributed by atoms with E-state index in [4.69, 9.17) is 0 Å². The van der Waals surface area contributed by atoms with Gasteiger partial charge in [0, 0.05) is 19.1 Å². The molecular formula is C15H22N2O. The van der Waals surface area contributed by atoms with Gasteiger partial charge in [0.15, 0.2) is 0 Å². The van der Waals surface area contributed by atoms with Crippen molar-refractivity contribution in [1.29, 1.82) is 0 Å². The summed E-state index contributed by atoms with van der Waals surface area (Å²) in [4.78, 5) is 11.8. The Kier molecular flexibility index (Phi) is 4.50. The normalized spacial score (nSPS) is 20.9. The molecule has 3 heteroatoms. The van der Waals surface area contributed by atoms with Crippen molar-refractivity contribution in [3.63, 3.8) is 0 Å². The largest absolute Gasteiger partial charge is 0.315 e. The lowest BCUT2D eigenvalue weighted by Gasteiger charge is -2.18. The second-order valence-electron chi connectivity index (χ2n) is 5.17. The molecule has 0 radical (unpaired) electrons. The first-order valence-electron chi connectivity index (χ1n) is 6.68. The summed E-state index contributed by atoms with van der Waals surface area (Å²) in [6.07, 6.45) is 1.15. The van der Waals surface area contributed by atoms with E-state index in [1.807, 2.05) is 0 Å². The Morgan fingerprint density at radius 2 is 2.17 bits per heavy atom. The second kappa shape index (κ2) is 6.12. The number of nitrogens with one attached hydrogen (secondary N) is 2. The third kappa shape index (κ3) is 3.40. The van der Waals surface area contributed by atoms with E-state index in [1.54, 1.807) is 6.92 Å². The Morgan fingerprint density at radius 3 is 2.72 bits per heavy atom. The van der Waals surface area contributed by atoms with Gasteiger partial charge in [0.2, 0.25) is 0 Å². The summed E-state index contributed by atoms with van der Waals surface area (Å²) in [5.74, 6) is 0.212. The number of Topliss-reactive ketones (excluding diaryl/α,β-unsaturated/α-hetero) is 1. The number of carbonyl (C=O) groups is 1. The van der Waals surface area contributed by atoms with Crippen LogP contribution in [0.15, 0.2) is 24.3 Å². The SMILES string of the molecule is CC(=O)[C@H](CN[C@H]1CCNC1)c1ccc(C)cc1. The minimum atomic E-state index is -0.0220. The van der Waals surface area contributed by atoms with Gasteiger partial charge in [-0.1, -0.05) is 29.8 Å². The van der Waals surface area contributed by atoms with Gasteiger partial charge in [-0.2, -0.15) is 0 Å². The molecule has 18 heavy (non-hydrogen) atoms. The predicted octanol–water partition coefficient (Wildman–Crippen LogP) is 1.62. The highest BCUT2D eigenvalue weighted by Gasteiger charge is 2.20. The molecular weight excluding hydrogens is 224 g/mol. The van der Waals surface area contributed by atoms with E-state index in [0.29, 0.717) is 6.04 Å². The van der Waals surface area contributed by atoms with Gasteiger partial charge >= 0.3 is 0 Å². The average Bonchev–Trinajstić information content (AvgIpc) is 2.84. The Morgan fingerprint density at radius 1 is 1.44 bits per heavy atom. The minimum absolute atomic E-state index is 0.0220. The average molecular weight is 246 g/mol. The molecule has 0 aromatic heterocycles. The molecule has 1 fully saturated rings. The van der Waals surface area contributed by atoms with Crippen molar-refractivity contribution in [2.45, 2.75) is 32.2 Å². The third-order valence-corrected chi connectivity index (χ3v) is 3.64. The zero-order valence-corrected chi connectivity index (χ0v) is 11.2. The number of aryl methyl sites for hydroxylation is 1. The summed E-state index contributed by atoms with van der Waals surface area (Å²) in [5.41, 5.74) is 2.35. The summed E-state index contributed by atoms with van der Waals surface area (Å²) < 4.78 is 0. The fourth-order valence-electron chi connectivity index (χ4n) is 2.41. The maximum absolute atomic E-state index is 11.8. The number of ketones is 1. The molecule has 2 atom stereocenters. The molecule has 2 N–H and O–H groups in total. The van der Waals surface area contributed by atoms with Crippen LogP contribution in [0.25, 0.3) is 0 Å². The first-order valence-corrected chi connectivity index (χ1v) is 6.68. The maximum atomic E-state index is 11.8. The van der Waals surface area contributed by atoms with Crippen LogP contribution < -0.4 is 10.6 Å². The molecule has 1 aliphatic heterocycles. The number of rotatable bonds is 5. The van der Waals surface area contributed by atoms with Gasteiger partial charge in [0.25, 0.3) is 0 Å². The summed E-state index contributed by atoms with van der Waals surface area (Å²) in [7, 11) is 0. The van der Waals surface area contributed by atoms with Crippen LogP contribution >= 0.6 is 0 Å². The molecule has 3 nitrogen and oxygen atoms in total. The van der Waals surface area contributed by atoms with Crippen LogP contribution in [0, 0.1) is 6.92 Å². The topological polar surface area (TPSA) is 41.1 Å². The number of carbonyl (C=O) groups excluding carboxylic acids is 1. The van der Waals surface area contributed by atoms with Gasteiger partial charge in [0.05, 0.1) is 5.92 Å². The van der Waals surface area contributed by atoms with Gasteiger partial charge in [-0.05, 0) is 32.4 Å². The molecule has 1 aromatic carbocycles. The number of hydrogen-bond acceptors (Lipinski definition) is 3. The first-order chi connectivity index (χ1) is 8.66. The number of hydrogen-bond donors (Lipinski definition) is 2. The van der Waals surface area contributed by atoms with Crippen molar-refractivity contribution in [2.75, 3.05) is 19.6 Å². The summed E-state index contributed by atoms with van der Waals surface area (Å²) in [6.45, 7) is 6.57. The lowest BCUT2D eigenvalue weighted by Crippen LogP contribution is -2.35. The number of benzene rings is 1. The summed E-state index contributed by atoms with van der Waals surface area (Å²) in [6, 6.07) is 8.79. The molecule has 1 saturated heterocycles. The highest BCUT2D eigenvalue weighted by Crippen LogP contribution is 2.17. The van der Waals surface area contributed by atoms with E-state index in [9.17, 15) is 4.79 Å². The predicted molar refractivity (Wildman–Crippen MR) is 73.9 cm³/mol. The Labute approximate surface area is 109 Å². The third-order valence-electron chi connectivity index (χ3n) is 3.64. The Balaban J connectivity index is 1.99. The smallest absolute Gasteiger partial charge is 0.138 e. The fourth-order valence-corrected chi connectivity index (χ4v) is 2.41. The fraction of sp³-hybridized carbons (Fsp3) is 0.533.